The third-order valence-corrected chi connectivity index (χ3v) is 11.0. The third-order valence-electron chi connectivity index (χ3n) is 9.78. The first-order valence-electron chi connectivity index (χ1n) is 16.7. The van der Waals surface area contributed by atoms with E-state index in [4.69, 9.17) is 15.0 Å². The number of nitrogens with zero attached hydrogens (tertiary/aromatic N) is 3. The van der Waals surface area contributed by atoms with Crippen LogP contribution in [0.15, 0.2) is 187 Å². The van der Waals surface area contributed by atoms with Crippen LogP contribution in [0.25, 0.3) is 50.6 Å². The predicted molar refractivity (Wildman–Crippen MR) is 206 cm³/mol. The first-order chi connectivity index (χ1) is 24.7. The summed E-state index contributed by atoms with van der Waals surface area (Å²) < 4.78 is 0. The van der Waals surface area contributed by atoms with Crippen molar-refractivity contribution in [2.24, 2.45) is 0 Å². The summed E-state index contributed by atoms with van der Waals surface area (Å²) in [6.45, 7) is 8.00. The van der Waals surface area contributed by atoms with Gasteiger partial charge in [0, 0.05) is 26.5 Å². The van der Waals surface area contributed by atoms with Crippen molar-refractivity contribution in [3.05, 3.63) is 205 Å². The molecule has 1 aliphatic heterocycles. The van der Waals surface area contributed by atoms with Gasteiger partial charge < -0.3 is 0 Å². The topological polar surface area (TPSA) is 38.7 Å². The lowest BCUT2D eigenvalue weighted by Crippen LogP contribution is -2.32. The van der Waals surface area contributed by atoms with Gasteiger partial charge in [-0.3, -0.25) is 0 Å². The largest absolute Gasteiger partial charge is 0.208 e. The third kappa shape index (κ3) is 4.57. The average molecular weight is 658 g/mol. The molecule has 4 heteroatoms. The molecule has 0 bridgehead atoms. The highest BCUT2D eigenvalue weighted by atomic mass is 32.2. The van der Waals surface area contributed by atoms with Gasteiger partial charge in [-0.25, -0.2) is 15.0 Å². The fraction of sp³-hybridized carbons (Fsp3) is 0.0217. The highest BCUT2D eigenvalue weighted by Crippen LogP contribution is 2.63. The molecule has 0 amide bonds. The highest BCUT2D eigenvalue weighted by Gasteiger charge is 2.50. The van der Waals surface area contributed by atoms with Gasteiger partial charge in [-0.15, -0.1) is 0 Å². The van der Waals surface area contributed by atoms with E-state index >= 15 is 0 Å². The van der Waals surface area contributed by atoms with E-state index in [1.165, 1.54) is 38.3 Å². The molecule has 0 N–H and O–H groups in total. The van der Waals surface area contributed by atoms with E-state index in [9.17, 15) is 0 Å². The minimum atomic E-state index is -0.485. The van der Waals surface area contributed by atoms with Crippen molar-refractivity contribution in [2.75, 3.05) is 0 Å². The van der Waals surface area contributed by atoms with Crippen molar-refractivity contribution in [3.8, 4) is 45.0 Å². The number of fused-ring (bicyclic) bond motifs is 9. The molecule has 1 spiro atoms. The zero-order valence-electron chi connectivity index (χ0n) is 27.3. The van der Waals surface area contributed by atoms with Gasteiger partial charge in [0.05, 0.1) is 5.41 Å². The Morgan fingerprint density at radius 1 is 0.500 bits per heavy atom. The molecule has 1 aliphatic carbocycles. The Morgan fingerprint density at radius 3 is 1.76 bits per heavy atom. The van der Waals surface area contributed by atoms with Gasteiger partial charge in [-0.05, 0) is 50.6 Å². The minimum Gasteiger partial charge on any atom is -0.208 e. The molecule has 236 valence electrons. The summed E-state index contributed by atoms with van der Waals surface area (Å²) >= 11 is 1.79. The lowest BCUT2D eigenvalue weighted by molar-refractivity contribution is 0.722. The first-order valence-corrected chi connectivity index (χ1v) is 17.5. The van der Waals surface area contributed by atoms with Crippen LogP contribution in [-0.4, -0.2) is 15.0 Å². The van der Waals surface area contributed by atoms with Gasteiger partial charge in [-0.1, -0.05) is 183 Å². The molecule has 50 heavy (non-hydrogen) atoms. The molecule has 0 saturated heterocycles. The maximum absolute atomic E-state index is 5.20. The van der Waals surface area contributed by atoms with Gasteiger partial charge >= 0.3 is 0 Å². The van der Waals surface area contributed by atoms with Crippen LogP contribution >= 0.6 is 11.8 Å². The zero-order chi connectivity index (χ0) is 33.7. The maximum atomic E-state index is 5.20. The molecule has 9 rings (SSSR count). The van der Waals surface area contributed by atoms with Crippen molar-refractivity contribution in [1.82, 2.24) is 15.0 Å². The molecule has 2 aliphatic rings. The SMILES string of the molecule is C=C/C=C(\C=C)c1nc(-c2ccc(-c3ccccc3)cc2)nc(-c2cccc3c2Sc2ccccc2C32c3ccccc3-c3ccccc32)n1. The molecule has 0 radical (unpaired) electrons. The van der Waals surface area contributed by atoms with E-state index in [-0.39, 0.29) is 0 Å². The van der Waals surface area contributed by atoms with Crippen molar-refractivity contribution in [2.45, 2.75) is 15.2 Å². The van der Waals surface area contributed by atoms with E-state index in [0.29, 0.717) is 17.5 Å². The maximum Gasteiger partial charge on any atom is 0.165 e. The Bertz CT molecular complexity index is 2450. The molecular weight excluding hydrogens is 627 g/mol. The number of allylic oxidation sites excluding steroid dienone is 4. The van der Waals surface area contributed by atoms with Gasteiger partial charge in [0.1, 0.15) is 0 Å². The first kappa shape index (κ1) is 30.0. The Hall–Kier alpha value is -6.10. The summed E-state index contributed by atoms with van der Waals surface area (Å²) in [5, 5.41) is 0. The molecule has 6 aromatic carbocycles. The summed E-state index contributed by atoms with van der Waals surface area (Å²) in [6, 6.07) is 51.9. The summed E-state index contributed by atoms with van der Waals surface area (Å²) in [5.74, 6) is 1.77. The van der Waals surface area contributed by atoms with E-state index in [0.717, 1.165) is 32.7 Å². The summed E-state index contributed by atoms with van der Waals surface area (Å²) in [5.41, 5.74) is 12.1. The number of hydrogen-bond acceptors (Lipinski definition) is 4. The molecule has 0 saturated carbocycles. The van der Waals surface area contributed by atoms with Crippen LogP contribution < -0.4 is 0 Å². The van der Waals surface area contributed by atoms with Crippen LogP contribution in [0.1, 0.15) is 28.1 Å². The molecule has 7 aromatic rings. The molecule has 3 nitrogen and oxygen atoms in total. The van der Waals surface area contributed by atoms with Gasteiger partial charge in [-0.2, -0.15) is 0 Å². The summed E-state index contributed by atoms with van der Waals surface area (Å²) in [4.78, 5) is 17.7. The molecule has 0 fully saturated rings. The number of rotatable bonds is 6. The van der Waals surface area contributed by atoms with Crippen molar-refractivity contribution < 1.29 is 0 Å². The van der Waals surface area contributed by atoms with Crippen LogP contribution in [-0.2, 0) is 5.41 Å². The predicted octanol–water partition coefficient (Wildman–Crippen LogP) is 11.5. The second kappa shape index (κ2) is 12.1. The highest BCUT2D eigenvalue weighted by molar-refractivity contribution is 7.99. The van der Waals surface area contributed by atoms with E-state index < -0.39 is 5.41 Å². The van der Waals surface area contributed by atoms with Crippen LogP contribution in [0.2, 0.25) is 0 Å². The monoisotopic (exact) mass is 657 g/mol. The fourth-order valence-corrected chi connectivity index (χ4v) is 8.91. The van der Waals surface area contributed by atoms with Gasteiger partial charge in [0.15, 0.2) is 17.5 Å². The summed E-state index contributed by atoms with van der Waals surface area (Å²) in [6.07, 6.45) is 5.40. The van der Waals surface area contributed by atoms with E-state index in [2.05, 4.69) is 153 Å². The average Bonchev–Trinajstić information content (AvgIpc) is 3.48. The Kier molecular flexibility index (Phi) is 7.26. The zero-order valence-corrected chi connectivity index (χ0v) is 28.1. The quantitative estimate of drug-likeness (QED) is 0.167. The molecule has 0 unspecified atom stereocenters. The Labute approximate surface area is 296 Å². The summed E-state index contributed by atoms with van der Waals surface area (Å²) in [7, 11) is 0. The van der Waals surface area contributed by atoms with Crippen molar-refractivity contribution in [3.63, 3.8) is 0 Å². The number of benzene rings is 6. The lowest BCUT2D eigenvalue weighted by Gasteiger charge is -2.40. The molecular formula is C46H31N3S. The molecule has 2 heterocycles. The van der Waals surface area contributed by atoms with Crippen molar-refractivity contribution in [1.29, 1.82) is 0 Å². The minimum absolute atomic E-state index is 0.485. The standard InChI is InChI=1S/C46H31N3S/c1-3-15-30(4-2)43-47-44(33-28-26-32(27-29-33)31-16-6-5-7-17-31)49-45(48-43)36-20-14-24-40-42(36)50-41-25-13-12-23-39(41)46(40)37-21-10-8-18-34(37)35-19-9-11-22-38(35)46/h3-29H,1-2H2/b30-15+. The number of hydrogen-bond donors (Lipinski definition) is 0. The second-order valence-electron chi connectivity index (χ2n) is 12.4. The van der Waals surface area contributed by atoms with Crippen LogP contribution in [0, 0.1) is 0 Å². The number of aromatic nitrogens is 3. The molecule has 0 atom stereocenters. The smallest absolute Gasteiger partial charge is 0.165 e. The molecule has 1 aromatic heterocycles. The fourth-order valence-electron chi connectivity index (χ4n) is 7.61. The normalized spacial score (nSPS) is 13.6. The Balaban J connectivity index is 1.29. The second-order valence-corrected chi connectivity index (χ2v) is 13.5. The van der Waals surface area contributed by atoms with Crippen LogP contribution in [0.5, 0.6) is 0 Å². The van der Waals surface area contributed by atoms with Crippen LogP contribution in [0.3, 0.4) is 0 Å². The lowest BCUT2D eigenvalue weighted by atomic mass is 9.67. The van der Waals surface area contributed by atoms with Crippen molar-refractivity contribution >= 4 is 17.3 Å². The van der Waals surface area contributed by atoms with Gasteiger partial charge in [0.2, 0.25) is 0 Å². The van der Waals surface area contributed by atoms with Crippen LogP contribution in [0.4, 0.5) is 0 Å². The Morgan fingerprint density at radius 2 is 1.06 bits per heavy atom. The van der Waals surface area contributed by atoms with E-state index in [1.54, 1.807) is 23.9 Å². The van der Waals surface area contributed by atoms with E-state index in [1.807, 2.05) is 12.1 Å². The van der Waals surface area contributed by atoms with Gasteiger partial charge in [0.25, 0.3) is 0 Å².